The third-order valence-corrected chi connectivity index (χ3v) is 18.6. The van der Waals surface area contributed by atoms with Crippen molar-refractivity contribution in [2.24, 2.45) is 5.92 Å². The Morgan fingerprint density at radius 2 is 0.941 bits per heavy atom. The zero-order chi connectivity index (χ0) is 44.7. The highest BCUT2D eigenvalue weighted by atomic mass is 32.2. The van der Waals surface area contributed by atoms with Crippen LogP contribution in [-0.4, -0.2) is 24.9 Å². The second-order valence-corrected chi connectivity index (χ2v) is 21.7. The van der Waals surface area contributed by atoms with Gasteiger partial charge in [0.2, 0.25) is 0 Å². The zero-order valence-corrected chi connectivity index (χ0v) is 39.3. The van der Waals surface area contributed by atoms with Crippen LogP contribution < -0.4 is 10.4 Å². The molecule has 1 fully saturated rings. The molecule has 9 aromatic carbocycles. The van der Waals surface area contributed by atoms with E-state index in [1.54, 1.807) is 0 Å². The van der Waals surface area contributed by atoms with E-state index < -0.39 is 0 Å². The normalized spacial score (nSPS) is 19.1. The summed E-state index contributed by atoms with van der Waals surface area (Å²) in [7, 11) is 0. The Morgan fingerprint density at radius 1 is 0.397 bits per heavy atom. The number of aromatic nitrogens is 2. The summed E-state index contributed by atoms with van der Waals surface area (Å²) in [5.41, 5.74) is 13.8. The highest BCUT2D eigenvalue weighted by molar-refractivity contribution is 8.10. The van der Waals surface area contributed by atoms with E-state index in [1.165, 1.54) is 122 Å². The monoisotopic (exact) mass is 908 g/mol. The largest absolute Gasteiger partial charge is 0.309 e. The molecule has 0 amide bonds. The summed E-state index contributed by atoms with van der Waals surface area (Å²) in [6.45, 7) is 0. The Hall–Kier alpha value is -6.98. The highest BCUT2D eigenvalue weighted by Crippen LogP contribution is 2.51. The maximum atomic E-state index is 2.61. The first-order valence-corrected chi connectivity index (χ1v) is 26.1. The molecule has 1 aliphatic carbocycles. The molecule has 0 spiro atoms. The molecule has 326 valence electrons. The summed E-state index contributed by atoms with van der Waals surface area (Å²) in [5.74, 6) is 0.578. The third-order valence-electron chi connectivity index (χ3n) is 15.1. The molecule has 2 aromatic heterocycles. The van der Waals surface area contributed by atoms with Crippen molar-refractivity contribution in [2.45, 2.75) is 41.4 Å². The van der Waals surface area contributed by atoms with Crippen molar-refractivity contribution in [3.05, 3.63) is 222 Å². The first kappa shape index (κ1) is 40.1. The molecule has 1 saturated heterocycles. The van der Waals surface area contributed by atoms with E-state index in [0.29, 0.717) is 21.7 Å². The summed E-state index contributed by atoms with van der Waals surface area (Å²) < 4.78 is 4.82. The third kappa shape index (κ3) is 6.64. The van der Waals surface area contributed by atoms with Gasteiger partial charge in [-0.1, -0.05) is 152 Å². The van der Waals surface area contributed by atoms with Gasteiger partial charge in [-0.05, 0) is 147 Å². The number of benzene rings is 9. The summed E-state index contributed by atoms with van der Waals surface area (Å²) in [6.07, 6.45) is 12.5. The van der Waals surface area contributed by atoms with Gasteiger partial charge in [-0.2, -0.15) is 11.8 Å². The lowest BCUT2D eigenvalue weighted by molar-refractivity contribution is 0.613. The van der Waals surface area contributed by atoms with Crippen LogP contribution in [0.1, 0.15) is 31.2 Å². The predicted octanol–water partition coefficient (Wildman–Crippen LogP) is 15.8. The smallest absolute Gasteiger partial charge is 0.0547 e. The standard InChI is InChI=1S/C64H48N2S2/c1-3-13-49(14-4-1)65-55-21-9-7-17-53(55)63-51(19-11-23-57(63)65)45-29-25-43-39-47(31-27-41(43)37-45)59-33-35-61(67-59)62-36-34-60(68-62)48-32-28-42-38-46(30-26-44(42)40-48)52-20-12-24-58-64(52)54-18-8-10-22-56(54)66(58)50-15-5-2-6-16-50/h1-31,33,37-40,48,60-62H,32,34-36H2. The lowest BCUT2D eigenvalue weighted by atomic mass is 9.90. The van der Waals surface area contributed by atoms with Gasteiger partial charge < -0.3 is 9.13 Å². The van der Waals surface area contributed by atoms with Gasteiger partial charge in [-0.15, -0.1) is 11.8 Å². The number of thioether (sulfide) groups is 2. The van der Waals surface area contributed by atoms with Gasteiger partial charge in [0.15, 0.2) is 0 Å². The lowest BCUT2D eigenvalue weighted by Gasteiger charge is -2.23. The average Bonchev–Trinajstić information content (AvgIpc) is 4.23. The molecular weight excluding hydrogens is 861 g/mol. The number of hydrogen-bond acceptors (Lipinski definition) is 2. The van der Waals surface area contributed by atoms with Crippen molar-refractivity contribution in [2.75, 3.05) is 0 Å². The van der Waals surface area contributed by atoms with Gasteiger partial charge in [0.25, 0.3) is 0 Å². The molecule has 11 aromatic rings. The Kier molecular flexibility index (Phi) is 9.66. The lowest BCUT2D eigenvalue weighted by Crippen LogP contribution is -2.31. The van der Waals surface area contributed by atoms with E-state index in [-0.39, 0.29) is 0 Å². The maximum Gasteiger partial charge on any atom is 0.0547 e. The summed E-state index contributed by atoms with van der Waals surface area (Å²) >= 11 is 4.41. The molecule has 4 atom stereocenters. The molecule has 2 aliphatic heterocycles. The van der Waals surface area contributed by atoms with Crippen molar-refractivity contribution in [1.82, 2.24) is 9.13 Å². The van der Waals surface area contributed by atoms with Crippen LogP contribution in [0.5, 0.6) is 0 Å². The van der Waals surface area contributed by atoms with Crippen molar-refractivity contribution in [3.63, 3.8) is 0 Å². The first-order chi connectivity index (χ1) is 33.7. The van der Waals surface area contributed by atoms with Gasteiger partial charge in [-0.3, -0.25) is 0 Å². The van der Waals surface area contributed by atoms with Crippen LogP contribution in [-0.2, 0) is 0 Å². The van der Waals surface area contributed by atoms with Crippen LogP contribution in [0.2, 0.25) is 0 Å². The van der Waals surface area contributed by atoms with Crippen LogP contribution in [0.25, 0.3) is 105 Å². The second-order valence-electron chi connectivity index (χ2n) is 18.9. The minimum Gasteiger partial charge on any atom is -0.309 e. The van der Waals surface area contributed by atoms with Crippen LogP contribution in [0, 0.1) is 5.92 Å². The van der Waals surface area contributed by atoms with Gasteiger partial charge in [0.1, 0.15) is 0 Å². The Labute approximate surface area is 405 Å². The van der Waals surface area contributed by atoms with Gasteiger partial charge in [-0.25, -0.2) is 0 Å². The van der Waals surface area contributed by atoms with Gasteiger partial charge in [0.05, 0.1) is 22.1 Å². The Morgan fingerprint density at radius 3 is 1.60 bits per heavy atom. The molecule has 68 heavy (non-hydrogen) atoms. The van der Waals surface area contributed by atoms with Crippen molar-refractivity contribution in [1.29, 1.82) is 0 Å². The van der Waals surface area contributed by atoms with Crippen molar-refractivity contribution in [3.8, 4) is 33.6 Å². The Bertz CT molecular complexity index is 3950. The number of para-hydroxylation sites is 4. The van der Waals surface area contributed by atoms with Crippen molar-refractivity contribution < 1.29 is 0 Å². The van der Waals surface area contributed by atoms with E-state index >= 15 is 0 Å². The molecule has 14 rings (SSSR count). The molecule has 0 radical (unpaired) electrons. The quantitative estimate of drug-likeness (QED) is 0.158. The minimum absolute atomic E-state index is 0.578. The molecule has 0 bridgehead atoms. The van der Waals surface area contributed by atoms with Gasteiger partial charge in [0, 0.05) is 53.6 Å². The zero-order valence-electron chi connectivity index (χ0n) is 37.6. The fourth-order valence-electron chi connectivity index (χ4n) is 11.9. The number of nitrogens with zero attached hydrogens (tertiary/aromatic N) is 2. The molecule has 0 saturated carbocycles. The number of hydrogen-bond donors (Lipinski definition) is 0. The van der Waals surface area contributed by atoms with E-state index in [0.717, 1.165) is 12.8 Å². The van der Waals surface area contributed by atoms with E-state index in [4.69, 9.17) is 0 Å². The first-order valence-electron chi connectivity index (χ1n) is 24.2. The van der Waals surface area contributed by atoms with Crippen LogP contribution in [0.4, 0.5) is 0 Å². The molecule has 4 unspecified atom stereocenters. The topological polar surface area (TPSA) is 9.86 Å². The fraction of sp³-hybridized carbons (Fsp3) is 0.125. The predicted molar refractivity (Wildman–Crippen MR) is 295 cm³/mol. The van der Waals surface area contributed by atoms with E-state index in [1.807, 2.05) is 0 Å². The van der Waals surface area contributed by atoms with Crippen LogP contribution >= 0.6 is 23.5 Å². The number of allylic oxidation sites excluding steroid dienone is 1. The summed E-state index contributed by atoms with van der Waals surface area (Å²) in [4.78, 5) is 1.45. The Balaban J connectivity index is 0.681. The maximum absolute atomic E-state index is 2.61. The van der Waals surface area contributed by atoms with E-state index in [9.17, 15) is 0 Å². The number of rotatable bonds is 7. The molecule has 4 heteroatoms. The molecule has 3 aliphatic rings. The van der Waals surface area contributed by atoms with Crippen molar-refractivity contribution >= 4 is 95.0 Å². The summed E-state index contributed by atoms with van der Waals surface area (Å²) in [5, 5.41) is 12.6. The molecule has 4 heterocycles. The molecular formula is C64H48N2S2. The highest BCUT2D eigenvalue weighted by Gasteiger charge is 2.37. The van der Waals surface area contributed by atoms with Gasteiger partial charge >= 0.3 is 0 Å². The van der Waals surface area contributed by atoms with Crippen LogP contribution in [0.3, 0.4) is 0 Å². The van der Waals surface area contributed by atoms with Crippen LogP contribution in [0.15, 0.2) is 206 Å². The second kappa shape index (κ2) is 16.4. The SMILES string of the molecule is C1=C(c2ccc3cc(-c4cccc5c4c4ccccc4n5-c4ccccc4)ccc3c2)SC(C2CCC(C3C=c4ccc(-c5cccc6c5c5ccccc5n6-c5ccccc5)cc4=CC3)S2)C1. The summed E-state index contributed by atoms with van der Waals surface area (Å²) in [6, 6.07) is 74.1. The molecule has 2 nitrogen and oxygen atoms in total. The van der Waals surface area contributed by atoms with E-state index in [2.05, 4.69) is 251 Å². The average molecular weight is 909 g/mol. The fourth-order valence-corrected chi connectivity index (χ4v) is 15.2. The molecule has 0 N–H and O–H groups in total. The minimum atomic E-state index is 0.578. The number of fused-ring (bicyclic) bond motifs is 8.